The maximum atomic E-state index is 13.8. The summed E-state index contributed by atoms with van der Waals surface area (Å²) in [4.78, 5) is 15.6. The van der Waals surface area contributed by atoms with Gasteiger partial charge in [0.2, 0.25) is 0 Å². The fourth-order valence-corrected chi connectivity index (χ4v) is 5.39. The third-order valence-electron chi connectivity index (χ3n) is 7.51. The molecular formula is C32H29ClN6O2. The topological polar surface area (TPSA) is 107 Å². The van der Waals surface area contributed by atoms with Gasteiger partial charge in [-0.25, -0.2) is 4.79 Å². The lowest BCUT2D eigenvalue weighted by atomic mass is 10.0. The molecule has 41 heavy (non-hydrogen) atoms. The van der Waals surface area contributed by atoms with Gasteiger partial charge < -0.3 is 10.4 Å². The van der Waals surface area contributed by atoms with Crippen molar-refractivity contribution in [2.45, 2.75) is 38.5 Å². The Labute approximate surface area is 243 Å². The molecule has 0 spiro atoms. The summed E-state index contributed by atoms with van der Waals surface area (Å²) in [6.45, 7) is 2.31. The van der Waals surface area contributed by atoms with E-state index in [1.54, 1.807) is 4.90 Å². The van der Waals surface area contributed by atoms with Crippen LogP contribution in [0.25, 0.3) is 11.1 Å². The number of benzene rings is 4. The van der Waals surface area contributed by atoms with Gasteiger partial charge in [-0.2, -0.15) is 5.21 Å². The Morgan fingerprint density at radius 3 is 2.46 bits per heavy atom. The Kier molecular flexibility index (Phi) is 7.50. The molecule has 0 aliphatic heterocycles. The SMILES string of the molecule is CC(NC(=O)N(Cc1ccc(C(O)Cc2nn[nH]n2)cc1)c1ccc2c(c1)Cc1ccccc1-2)c1ccc(Cl)cc1. The van der Waals surface area contributed by atoms with Gasteiger partial charge in [-0.05, 0) is 76.6 Å². The monoisotopic (exact) mass is 564 g/mol. The van der Waals surface area contributed by atoms with Gasteiger partial charge in [0.25, 0.3) is 0 Å². The van der Waals surface area contributed by atoms with Gasteiger partial charge in [0.05, 0.1) is 18.7 Å². The third kappa shape index (κ3) is 5.84. The third-order valence-corrected chi connectivity index (χ3v) is 7.77. The summed E-state index contributed by atoms with van der Waals surface area (Å²) in [6, 6.07) is 29.3. The smallest absolute Gasteiger partial charge is 0.322 e. The van der Waals surface area contributed by atoms with Crippen LogP contribution < -0.4 is 10.2 Å². The van der Waals surface area contributed by atoms with E-state index in [1.807, 2.05) is 61.5 Å². The molecule has 2 unspecified atom stereocenters. The van der Waals surface area contributed by atoms with Crippen LogP contribution in [0.15, 0.2) is 91.0 Å². The predicted octanol–water partition coefficient (Wildman–Crippen LogP) is 6.18. The van der Waals surface area contributed by atoms with Crippen molar-refractivity contribution < 1.29 is 9.90 Å². The van der Waals surface area contributed by atoms with Gasteiger partial charge in [0.15, 0.2) is 5.82 Å². The molecule has 206 valence electrons. The first kappa shape index (κ1) is 26.7. The molecular weight excluding hydrogens is 536 g/mol. The molecule has 8 nitrogen and oxygen atoms in total. The van der Waals surface area contributed by atoms with Gasteiger partial charge in [0, 0.05) is 17.1 Å². The van der Waals surface area contributed by atoms with Crippen molar-refractivity contribution in [3.63, 3.8) is 0 Å². The number of aromatic amines is 1. The van der Waals surface area contributed by atoms with E-state index in [9.17, 15) is 9.90 Å². The lowest BCUT2D eigenvalue weighted by molar-refractivity contribution is 0.176. The maximum absolute atomic E-state index is 13.8. The molecule has 1 aliphatic rings. The van der Waals surface area contributed by atoms with Crippen LogP contribution in [0.2, 0.25) is 5.02 Å². The summed E-state index contributed by atoms with van der Waals surface area (Å²) >= 11 is 6.07. The number of fused-ring (bicyclic) bond motifs is 3. The maximum Gasteiger partial charge on any atom is 0.322 e. The van der Waals surface area contributed by atoms with E-state index >= 15 is 0 Å². The zero-order valence-corrected chi connectivity index (χ0v) is 23.2. The zero-order chi connectivity index (χ0) is 28.3. The highest BCUT2D eigenvalue weighted by Gasteiger charge is 2.23. The molecule has 2 atom stereocenters. The van der Waals surface area contributed by atoms with Gasteiger partial charge in [-0.15, -0.1) is 10.2 Å². The van der Waals surface area contributed by atoms with Crippen molar-refractivity contribution in [3.05, 3.63) is 130 Å². The van der Waals surface area contributed by atoms with Crippen molar-refractivity contribution in [1.82, 2.24) is 25.9 Å². The summed E-state index contributed by atoms with van der Waals surface area (Å²) in [6.07, 6.45) is 0.326. The number of aromatic nitrogens is 4. The van der Waals surface area contributed by atoms with Crippen LogP contribution in [0.1, 0.15) is 52.7 Å². The number of aliphatic hydroxyl groups excluding tert-OH is 1. The number of anilines is 1. The van der Waals surface area contributed by atoms with Gasteiger partial charge >= 0.3 is 6.03 Å². The molecule has 1 aliphatic carbocycles. The van der Waals surface area contributed by atoms with E-state index in [0.717, 1.165) is 28.8 Å². The van der Waals surface area contributed by atoms with Crippen molar-refractivity contribution in [1.29, 1.82) is 0 Å². The Balaban J connectivity index is 1.25. The molecule has 1 heterocycles. The number of hydrogen-bond donors (Lipinski definition) is 3. The number of nitrogens with zero attached hydrogens (tertiary/aromatic N) is 4. The van der Waals surface area contributed by atoms with E-state index in [1.165, 1.54) is 22.3 Å². The number of tetrazole rings is 1. The van der Waals surface area contributed by atoms with E-state index in [0.29, 0.717) is 17.4 Å². The number of halogens is 1. The van der Waals surface area contributed by atoms with Crippen molar-refractivity contribution in [3.8, 4) is 11.1 Å². The number of hydrogen-bond acceptors (Lipinski definition) is 5. The summed E-state index contributed by atoms with van der Waals surface area (Å²) < 4.78 is 0. The number of rotatable bonds is 8. The second-order valence-electron chi connectivity index (χ2n) is 10.3. The van der Waals surface area contributed by atoms with Gasteiger partial charge in [-0.1, -0.05) is 83.5 Å². The van der Waals surface area contributed by atoms with Crippen LogP contribution in [0.4, 0.5) is 10.5 Å². The van der Waals surface area contributed by atoms with E-state index < -0.39 is 6.10 Å². The first-order valence-corrected chi connectivity index (χ1v) is 13.9. The molecule has 0 fully saturated rings. The molecule has 4 aromatic carbocycles. The van der Waals surface area contributed by atoms with E-state index in [4.69, 9.17) is 11.6 Å². The minimum Gasteiger partial charge on any atom is -0.388 e. The first-order chi connectivity index (χ1) is 19.9. The molecule has 0 radical (unpaired) electrons. The highest BCUT2D eigenvalue weighted by molar-refractivity contribution is 6.30. The molecule has 0 bridgehead atoms. The number of H-pyrrole nitrogens is 1. The number of urea groups is 1. The summed E-state index contributed by atoms with van der Waals surface area (Å²) in [7, 11) is 0. The zero-order valence-electron chi connectivity index (χ0n) is 22.5. The fourth-order valence-electron chi connectivity index (χ4n) is 5.27. The highest BCUT2D eigenvalue weighted by Crippen LogP contribution is 2.38. The van der Waals surface area contributed by atoms with Crippen molar-refractivity contribution in [2.24, 2.45) is 0 Å². The average molecular weight is 565 g/mol. The van der Waals surface area contributed by atoms with E-state index in [2.05, 4.69) is 62.3 Å². The lowest BCUT2D eigenvalue weighted by Crippen LogP contribution is -2.40. The largest absolute Gasteiger partial charge is 0.388 e. The van der Waals surface area contributed by atoms with Crippen LogP contribution in [-0.2, 0) is 19.4 Å². The van der Waals surface area contributed by atoms with Crippen LogP contribution in [0.5, 0.6) is 0 Å². The Bertz CT molecular complexity index is 1660. The minimum absolute atomic E-state index is 0.205. The van der Waals surface area contributed by atoms with Crippen LogP contribution >= 0.6 is 11.6 Å². The summed E-state index contributed by atoms with van der Waals surface area (Å²) in [5, 5.41) is 28.2. The molecule has 6 rings (SSSR count). The van der Waals surface area contributed by atoms with Crippen molar-refractivity contribution >= 4 is 23.3 Å². The van der Waals surface area contributed by atoms with E-state index in [-0.39, 0.29) is 18.5 Å². The number of aliphatic hydroxyl groups is 1. The summed E-state index contributed by atoms with van der Waals surface area (Å²) in [5.41, 5.74) is 8.40. The second kappa shape index (κ2) is 11.5. The Morgan fingerprint density at radius 2 is 1.71 bits per heavy atom. The highest BCUT2D eigenvalue weighted by atomic mass is 35.5. The Hall–Kier alpha value is -4.53. The number of nitrogens with one attached hydrogen (secondary N) is 2. The number of amides is 2. The van der Waals surface area contributed by atoms with Gasteiger partial charge in [0.1, 0.15) is 0 Å². The molecule has 2 amide bonds. The van der Waals surface area contributed by atoms with Crippen molar-refractivity contribution in [2.75, 3.05) is 4.90 Å². The first-order valence-electron chi connectivity index (χ1n) is 13.5. The molecule has 3 N–H and O–H groups in total. The minimum atomic E-state index is -0.764. The van der Waals surface area contributed by atoms with Gasteiger partial charge in [-0.3, -0.25) is 4.90 Å². The average Bonchev–Trinajstić information content (AvgIpc) is 3.63. The van der Waals surface area contributed by atoms with Crippen LogP contribution in [0, 0.1) is 0 Å². The predicted molar refractivity (Wildman–Crippen MR) is 159 cm³/mol. The molecule has 0 saturated carbocycles. The lowest BCUT2D eigenvalue weighted by Gasteiger charge is -2.26. The second-order valence-corrected chi connectivity index (χ2v) is 10.7. The summed E-state index contributed by atoms with van der Waals surface area (Å²) in [5.74, 6) is 0.443. The molecule has 1 aromatic heterocycles. The van der Waals surface area contributed by atoms with Crippen LogP contribution in [0.3, 0.4) is 0 Å². The standard InChI is InChI=1S/C32H29ClN6O2/c1-20(22-10-12-26(33)13-11-22)34-32(41)39(27-14-15-29-25(17-27)16-24-4-2-3-5-28(24)29)19-21-6-8-23(9-7-21)30(40)18-31-35-37-38-36-31/h2-15,17,20,30,40H,16,18-19H2,1H3,(H,34,41)(H,35,36,37,38). The fraction of sp³-hybridized carbons (Fsp3) is 0.188. The Morgan fingerprint density at radius 1 is 0.976 bits per heavy atom. The molecule has 9 heteroatoms. The normalized spacial score (nSPS) is 13.2. The van der Waals surface area contributed by atoms with Crippen LogP contribution in [-0.4, -0.2) is 31.8 Å². The molecule has 5 aromatic rings. The number of carbonyl (C=O) groups excluding carboxylic acids is 1. The number of carbonyl (C=O) groups is 1. The molecule has 0 saturated heterocycles. The quantitative estimate of drug-likeness (QED) is 0.205.